The van der Waals surface area contributed by atoms with Crippen LogP contribution in [0.1, 0.15) is 19.8 Å². The van der Waals surface area contributed by atoms with Gasteiger partial charge in [0, 0.05) is 29.6 Å². The third-order valence-electron chi connectivity index (χ3n) is 3.07. The molecule has 0 bridgehead atoms. The van der Waals surface area contributed by atoms with Crippen molar-refractivity contribution in [3.63, 3.8) is 0 Å². The third kappa shape index (κ3) is 4.85. The fourth-order valence-corrected chi connectivity index (χ4v) is 3.01. The van der Waals surface area contributed by atoms with Gasteiger partial charge >= 0.3 is 0 Å². The van der Waals surface area contributed by atoms with Crippen LogP contribution in [-0.2, 0) is 14.6 Å². The fraction of sp³-hybridized carbons (Fsp3) is 0.500. The van der Waals surface area contributed by atoms with E-state index in [0.29, 0.717) is 0 Å². The highest BCUT2D eigenvalue weighted by Gasteiger charge is 2.29. The lowest BCUT2D eigenvalue weighted by molar-refractivity contribution is -0.117. The number of carbonyl (C=O) groups is 1. The van der Waals surface area contributed by atoms with E-state index in [4.69, 9.17) is 0 Å². The van der Waals surface area contributed by atoms with E-state index in [9.17, 15) is 13.2 Å². The van der Waals surface area contributed by atoms with Gasteiger partial charge in [-0.05, 0) is 44.0 Å². The second-order valence-corrected chi connectivity index (χ2v) is 7.66. The zero-order valence-corrected chi connectivity index (χ0v) is 12.5. The van der Waals surface area contributed by atoms with Crippen molar-refractivity contribution in [1.29, 1.82) is 0 Å². The van der Waals surface area contributed by atoms with Gasteiger partial charge in [0.2, 0.25) is 5.91 Å². The number of sulfone groups is 1. The quantitative estimate of drug-likeness (QED) is 0.840. The zero-order chi connectivity index (χ0) is 14.8. The number of anilines is 2. The van der Waals surface area contributed by atoms with Crippen LogP contribution in [0.3, 0.4) is 0 Å². The highest BCUT2D eigenvalue weighted by molar-refractivity contribution is 7.90. The second kappa shape index (κ2) is 5.83. The van der Waals surface area contributed by atoms with Crippen molar-refractivity contribution in [2.45, 2.75) is 25.8 Å². The van der Waals surface area contributed by atoms with E-state index in [1.807, 2.05) is 31.2 Å². The first-order valence-corrected chi connectivity index (χ1v) is 8.75. The largest absolute Gasteiger partial charge is 0.382 e. The normalized spacial score (nSPS) is 16.5. The first-order valence-electron chi connectivity index (χ1n) is 6.69. The molecule has 0 radical (unpaired) electrons. The maximum absolute atomic E-state index is 11.6. The molecule has 110 valence electrons. The summed E-state index contributed by atoms with van der Waals surface area (Å²) in [6.07, 6.45) is 3.19. The predicted octanol–water partition coefficient (Wildman–Crippen LogP) is 1.88. The van der Waals surface area contributed by atoms with Crippen LogP contribution in [0.15, 0.2) is 24.3 Å². The summed E-state index contributed by atoms with van der Waals surface area (Å²) in [5.74, 6) is 0.353. The summed E-state index contributed by atoms with van der Waals surface area (Å²) in [4.78, 5) is 11.6. The Labute approximate surface area is 119 Å². The van der Waals surface area contributed by atoms with E-state index in [1.165, 1.54) is 6.26 Å². The van der Waals surface area contributed by atoms with Crippen LogP contribution in [0.25, 0.3) is 0 Å². The minimum Gasteiger partial charge on any atom is -0.382 e. The second-order valence-electron chi connectivity index (χ2n) is 5.48. The summed E-state index contributed by atoms with van der Waals surface area (Å²) in [6.45, 7) is 1.82. The van der Waals surface area contributed by atoms with Crippen LogP contribution in [0.5, 0.6) is 0 Å². The van der Waals surface area contributed by atoms with Gasteiger partial charge in [0.05, 0.1) is 5.75 Å². The van der Waals surface area contributed by atoms with Gasteiger partial charge in [0.25, 0.3) is 0 Å². The van der Waals surface area contributed by atoms with Gasteiger partial charge in [0.1, 0.15) is 9.84 Å². The number of hydrogen-bond acceptors (Lipinski definition) is 4. The number of hydrogen-bond donors (Lipinski definition) is 2. The van der Waals surface area contributed by atoms with Crippen molar-refractivity contribution in [1.82, 2.24) is 0 Å². The third-order valence-corrected chi connectivity index (χ3v) is 4.17. The van der Waals surface area contributed by atoms with Gasteiger partial charge < -0.3 is 10.6 Å². The molecular weight excluding hydrogens is 276 g/mol. The average molecular weight is 296 g/mol. The first-order chi connectivity index (χ1) is 9.33. The standard InChI is InChI=1S/C14H20N2O3S/c1-10(9-20(2,18)19)15-12-5-7-13(8-6-12)16-14(17)11-3-4-11/h5-8,10-11,15H,3-4,9H2,1-2H3,(H,16,17). The molecule has 1 aromatic rings. The Bertz CT molecular complexity index is 577. The van der Waals surface area contributed by atoms with Crippen LogP contribution in [0.4, 0.5) is 11.4 Å². The molecule has 1 aromatic carbocycles. The highest BCUT2D eigenvalue weighted by Crippen LogP contribution is 2.30. The van der Waals surface area contributed by atoms with Gasteiger partial charge in [-0.1, -0.05) is 0 Å². The molecule has 6 heteroatoms. The van der Waals surface area contributed by atoms with Crippen LogP contribution < -0.4 is 10.6 Å². The molecule has 0 heterocycles. The summed E-state index contributed by atoms with van der Waals surface area (Å²) in [5, 5.41) is 5.98. The topological polar surface area (TPSA) is 75.3 Å². The van der Waals surface area contributed by atoms with Crippen LogP contribution in [0.2, 0.25) is 0 Å². The molecule has 1 saturated carbocycles. The average Bonchev–Trinajstić information content (AvgIpc) is 3.13. The van der Waals surface area contributed by atoms with E-state index in [0.717, 1.165) is 24.2 Å². The Morgan fingerprint density at radius 3 is 2.30 bits per heavy atom. The van der Waals surface area contributed by atoms with Crippen molar-refractivity contribution in [3.8, 4) is 0 Å². The minimum atomic E-state index is -2.99. The maximum Gasteiger partial charge on any atom is 0.227 e. The molecule has 2 rings (SSSR count). The number of amides is 1. The molecule has 0 spiro atoms. The molecular formula is C14H20N2O3S. The van der Waals surface area contributed by atoms with E-state index < -0.39 is 9.84 Å². The van der Waals surface area contributed by atoms with Gasteiger partial charge in [-0.2, -0.15) is 0 Å². The summed E-state index contributed by atoms with van der Waals surface area (Å²) in [7, 11) is -2.99. The summed E-state index contributed by atoms with van der Waals surface area (Å²) >= 11 is 0. The summed E-state index contributed by atoms with van der Waals surface area (Å²) in [5.41, 5.74) is 1.61. The van der Waals surface area contributed by atoms with Crippen molar-refractivity contribution < 1.29 is 13.2 Å². The molecule has 1 aliphatic carbocycles. The van der Waals surface area contributed by atoms with E-state index >= 15 is 0 Å². The number of benzene rings is 1. The smallest absolute Gasteiger partial charge is 0.227 e. The molecule has 1 unspecified atom stereocenters. The molecule has 0 saturated heterocycles. The molecule has 1 amide bonds. The van der Waals surface area contributed by atoms with Crippen molar-refractivity contribution in [2.75, 3.05) is 22.6 Å². The highest BCUT2D eigenvalue weighted by atomic mass is 32.2. The molecule has 2 N–H and O–H groups in total. The van der Waals surface area contributed by atoms with E-state index in [-0.39, 0.29) is 23.6 Å². The minimum absolute atomic E-state index is 0.0798. The Balaban J connectivity index is 1.89. The van der Waals surface area contributed by atoms with Gasteiger partial charge in [-0.15, -0.1) is 0 Å². The lowest BCUT2D eigenvalue weighted by atomic mass is 10.2. The Kier molecular flexibility index (Phi) is 4.32. The SMILES string of the molecule is CC(CS(C)(=O)=O)Nc1ccc(NC(=O)C2CC2)cc1. The van der Waals surface area contributed by atoms with Crippen molar-refractivity contribution >= 4 is 27.1 Å². The Morgan fingerprint density at radius 1 is 1.25 bits per heavy atom. The Hall–Kier alpha value is -1.56. The first kappa shape index (κ1) is 14.8. The molecule has 0 aromatic heterocycles. The molecule has 1 atom stereocenters. The number of carbonyl (C=O) groups excluding carboxylic acids is 1. The van der Waals surface area contributed by atoms with Crippen molar-refractivity contribution in [3.05, 3.63) is 24.3 Å². The number of nitrogens with one attached hydrogen (secondary N) is 2. The van der Waals surface area contributed by atoms with Crippen LogP contribution >= 0.6 is 0 Å². The van der Waals surface area contributed by atoms with Gasteiger partial charge in [-0.3, -0.25) is 4.79 Å². The number of rotatable bonds is 6. The molecule has 5 nitrogen and oxygen atoms in total. The van der Waals surface area contributed by atoms with Crippen LogP contribution in [-0.4, -0.2) is 32.4 Å². The maximum atomic E-state index is 11.6. The van der Waals surface area contributed by atoms with Gasteiger partial charge in [0.15, 0.2) is 0 Å². The Morgan fingerprint density at radius 2 is 1.80 bits per heavy atom. The van der Waals surface area contributed by atoms with Crippen LogP contribution in [0, 0.1) is 5.92 Å². The molecule has 0 aliphatic heterocycles. The van der Waals surface area contributed by atoms with Gasteiger partial charge in [-0.25, -0.2) is 8.42 Å². The summed E-state index contributed by atoms with van der Waals surface area (Å²) < 4.78 is 22.4. The lowest BCUT2D eigenvalue weighted by Crippen LogP contribution is -2.24. The van der Waals surface area contributed by atoms with E-state index in [2.05, 4.69) is 10.6 Å². The van der Waals surface area contributed by atoms with E-state index in [1.54, 1.807) is 0 Å². The predicted molar refractivity (Wildman–Crippen MR) is 80.6 cm³/mol. The molecule has 20 heavy (non-hydrogen) atoms. The lowest BCUT2D eigenvalue weighted by Gasteiger charge is -2.14. The zero-order valence-electron chi connectivity index (χ0n) is 11.7. The fourth-order valence-electron chi connectivity index (χ4n) is 2.02. The molecule has 1 aliphatic rings. The molecule has 1 fully saturated rings. The monoisotopic (exact) mass is 296 g/mol. The van der Waals surface area contributed by atoms with Crippen molar-refractivity contribution in [2.24, 2.45) is 5.92 Å². The summed E-state index contributed by atoms with van der Waals surface area (Å²) in [6, 6.07) is 7.14.